The molecule has 0 aliphatic carbocycles. The number of phenolic OH excluding ortho intramolecular Hbond substituents is 2. The van der Waals surface area contributed by atoms with E-state index in [1.54, 1.807) is 6.07 Å². The van der Waals surface area contributed by atoms with E-state index in [0.717, 1.165) is 0 Å². The van der Waals surface area contributed by atoms with Crippen LogP contribution in [0.2, 0.25) is 0 Å². The van der Waals surface area contributed by atoms with E-state index in [1.165, 1.54) is 67.8 Å². The summed E-state index contributed by atoms with van der Waals surface area (Å²) >= 11 is 0. The minimum absolute atomic E-state index is 0.0406. The van der Waals surface area contributed by atoms with Gasteiger partial charge in [0.15, 0.2) is 11.5 Å². The number of benzene rings is 3. The Kier molecular flexibility index (Phi) is 5.45. The molecule has 0 aromatic heterocycles. The quantitative estimate of drug-likeness (QED) is 0.515. The molecule has 0 fully saturated rings. The fourth-order valence-electron chi connectivity index (χ4n) is 2.41. The number of carbonyl (C=O) groups excluding carboxylic acids is 2. The molecule has 0 unspecified atom stereocenters. The molecular formula is C21H16O7. The maximum absolute atomic E-state index is 12.4. The van der Waals surface area contributed by atoms with Crippen molar-refractivity contribution in [2.24, 2.45) is 0 Å². The van der Waals surface area contributed by atoms with Gasteiger partial charge < -0.3 is 24.4 Å². The Morgan fingerprint density at radius 1 is 0.714 bits per heavy atom. The summed E-state index contributed by atoms with van der Waals surface area (Å²) in [6.07, 6.45) is 0. The molecule has 0 heterocycles. The van der Waals surface area contributed by atoms with Crippen LogP contribution in [-0.4, -0.2) is 29.3 Å². The van der Waals surface area contributed by atoms with E-state index in [0.29, 0.717) is 0 Å². The molecule has 3 aromatic rings. The van der Waals surface area contributed by atoms with Crippen LogP contribution in [0.5, 0.6) is 28.7 Å². The molecule has 0 bridgehead atoms. The SMILES string of the molecule is COc1cccc(OC(=O)c2cccc(O)c2)c1OC(=O)c1cccc(O)c1. The summed E-state index contributed by atoms with van der Waals surface area (Å²) in [4.78, 5) is 24.8. The molecule has 0 amide bonds. The molecule has 7 heteroatoms. The number of hydrogen-bond acceptors (Lipinski definition) is 7. The molecule has 7 nitrogen and oxygen atoms in total. The lowest BCUT2D eigenvalue weighted by atomic mass is 10.2. The Morgan fingerprint density at radius 2 is 1.21 bits per heavy atom. The first kappa shape index (κ1) is 18.8. The molecule has 3 rings (SSSR count). The summed E-state index contributed by atoms with van der Waals surface area (Å²) in [5, 5.41) is 19.0. The second kappa shape index (κ2) is 8.13. The number of rotatable bonds is 5. The van der Waals surface area contributed by atoms with Crippen molar-refractivity contribution in [3.05, 3.63) is 77.9 Å². The highest BCUT2D eigenvalue weighted by Gasteiger charge is 2.20. The average molecular weight is 380 g/mol. The fourth-order valence-corrected chi connectivity index (χ4v) is 2.41. The molecule has 142 valence electrons. The van der Waals surface area contributed by atoms with E-state index >= 15 is 0 Å². The number of aromatic hydroxyl groups is 2. The molecular weight excluding hydrogens is 364 g/mol. The Hall–Kier alpha value is -4.00. The lowest BCUT2D eigenvalue weighted by Gasteiger charge is -2.14. The summed E-state index contributed by atoms with van der Waals surface area (Å²) in [5.74, 6) is -1.66. The third-order valence-electron chi connectivity index (χ3n) is 3.72. The number of ether oxygens (including phenoxy) is 3. The van der Waals surface area contributed by atoms with Gasteiger partial charge in [0.05, 0.1) is 18.2 Å². The molecule has 2 N–H and O–H groups in total. The third-order valence-corrected chi connectivity index (χ3v) is 3.72. The second-order valence-corrected chi connectivity index (χ2v) is 5.67. The highest BCUT2D eigenvalue weighted by atomic mass is 16.6. The first-order chi connectivity index (χ1) is 13.5. The van der Waals surface area contributed by atoms with Crippen LogP contribution in [0.4, 0.5) is 0 Å². The number of para-hydroxylation sites is 1. The molecule has 0 saturated carbocycles. The van der Waals surface area contributed by atoms with E-state index in [-0.39, 0.29) is 39.9 Å². The topological polar surface area (TPSA) is 102 Å². The summed E-state index contributed by atoms with van der Waals surface area (Å²) in [7, 11) is 1.38. The first-order valence-corrected chi connectivity index (χ1v) is 8.17. The van der Waals surface area contributed by atoms with Crippen molar-refractivity contribution in [1.82, 2.24) is 0 Å². The van der Waals surface area contributed by atoms with Crippen LogP contribution < -0.4 is 14.2 Å². The van der Waals surface area contributed by atoms with Crippen molar-refractivity contribution in [3.63, 3.8) is 0 Å². The third kappa shape index (κ3) is 4.21. The minimum Gasteiger partial charge on any atom is -0.508 e. The predicted molar refractivity (Wildman–Crippen MR) is 99.1 cm³/mol. The van der Waals surface area contributed by atoms with Crippen molar-refractivity contribution in [2.75, 3.05) is 7.11 Å². The standard InChI is InChI=1S/C21H16O7/c1-26-17-9-4-10-18(27-20(24)13-5-2-7-15(22)11-13)19(17)28-21(25)14-6-3-8-16(23)12-14/h2-12,22-23H,1H3. The van der Waals surface area contributed by atoms with Gasteiger partial charge in [-0.05, 0) is 48.5 Å². The van der Waals surface area contributed by atoms with Crippen LogP contribution in [0.3, 0.4) is 0 Å². The number of phenols is 2. The highest BCUT2D eigenvalue weighted by molar-refractivity contribution is 5.94. The predicted octanol–water partition coefficient (Wildman–Crippen LogP) is 3.54. The van der Waals surface area contributed by atoms with E-state index in [9.17, 15) is 19.8 Å². The second-order valence-electron chi connectivity index (χ2n) is 5.67. The van der Waals surface area contributed by atoms with Crippen LogP contribution >= 0.6 is 0 Å². The summed E-state index contributed by atoms with van der Waals surface area (Å²) in [6.45, 7) is 0. The van der Waals surface area contributed by atoms with E-state index in [4.69, 9.17) is 14.2 Å². The van der Waals surface area contributed by atoms with Crippen molar-refractivity contribution >= 4 is 11.9 Å². The minimum atomic E-state index is -0.768. The molecule has 0 saturated heterocycles. The smallest absolute Gasteiger partial charge is 0.343 e. The van der Waals surface area contributed by atoms with Gasteiger partial charge in [0.1, 0.15) is 11.5 Å². The van der Waals surface area contributed by atoms with Gasteiger partial charge in [0, 0.05) is 0 Å². The molecule has 3 aromatic carbocycles. The molecule has 0 spiro atoms. The lowest BCUT2D eigenvalue weighted by molar-refractivity contribution is 0.0678. The Morgan fingerprint density at radius 3 is 1.75 bits per heavy atom. The van der Waals surface area contributed by atoms with E-state index < -0.39 is 11.9 Å². The average Bonchev–Trinajstić information content (AvgIpc) is 2.69. The maximum atomic E-state index is 12.4. The summed E-state index contributed by atoms with van der Waals surface area (Å²) in [5.41, 5.74) is 0.226. The lowest BCUT2D eigenvalue weighted by Crippen LogP contribution is -2.13. The Balaban J connectivity index is 1.90. The van der Waals surface area contributed by atoms with Crippen LogP contribution in [0, 0.1) is 0 Å². The van der Waals surface area contributed by atoms with Gasteiger partial charge in [0.25, 0.3) is 0 Å². The van der Waals surface area contributed by atoms with Crippen LogP contribution in [0.1, 0.15) is 20.7 Å². The number of esters is 2. The Bertz CT molecular complexity index is 1030. The van der Waals surface area contributed by atoms with Gasteiger partial charge in [-0.2, -0.15) is 0 Å². The van der Waals surface area contributed by atoms with Gasteiger partial charge in [0.2, 0.25) is 5.75 Å². The van der Waals surface area contributed by atoms with Crippen molar-refractivity contribution < 1.29 is 34.0 Å². The van der Waals surface area contributed by atoms with Gasteiger partial charge >= 0.3 is 11.9 Å². The van der Waals surface area contributed by atoms with Gasteiger partial charge in [-0.15, -0.1) is 0 Å². The number of methoxy groups -OCH3 is 1. The van der Waals surface area contributed by atoms with Crippen LogP contribution in [0.25, 0.3) is 0 Å². The monoisotopic (exact) mass is 380 g/mol. The van der Waals surface area contributed by atoms with Crippen molar-refractivity contribution in [2.45, 2.75) is 0 Å². The normalized spacial score (nSPS) is 10.2. The first-order valence-electron chi connectivity index (χ1n) is 8.17. The van der Waals surface area contributed by atoms with Crippen LogP contribution in [-0.2, 0) is 0 Å². The van der Waals surface area contributed by atoms with E-state index in [1.807, 2.05) is 0 Å². The zero-order valence-electron chi connectivity index (χ0n) is 14.8. The van der Waals surface area contributed by atoms with Crippen molar-refractivity contribution in [3.8, 4) is 28.7 Å². The zero-order chi connectivity index (χ0) is 20.1. The van der Waals surface area contributed by atoms with Gasteiger partial charge in [-0.25, -0.2) is 9.59 Å². The van der Waals surface area contributed by atoms with Crippen molar-refractivity contribution in [1.29, 1.82) is 0 Å². The fraction of sp³-hybridized carbons (Fsp3) is 0.0476. The number of hydrogen-bond donors (Lipinski definition) is 2. The molecule has 28 heavy (non-hydrogen) atoms. The number of carbonyl (C=O) groups is 2. The Labute approximate surface area is 160 Å². The van der Waals surface area contributed by atoms with Crippen LogP contribution in [0.15, 0.2) is 66.7 Å². The molecule has 0 aliphatic heterocycles. The van der Waals surface area contributed by atoms with Gasteiger partial charge in [-0.3, -0.25) is 0 Å². The zero-order valence-corrected chi connectivity index (χ0v) is 14.8. The molecule has 0 radical (unpaired) electrons. The molecule has 0 aliphatic rings. The maximum Gasteiger partial charge on any atom is 0.343 e. The van der Waals surface area contributed by atoms with E-state index in [2.05, 4.69) is 0 Å². The summed E-state index contributed by atoms with van der Waals surface area (Å²) < 4.78 is 15.9. The largest absolute Gasteiger partial charge is 0.508 e. The molecule has 0 atom stereocenters. The highest BCUT2D eigenvalue weighted by Crippen LogP contribution is 2.38. The van der Waals surface area contributed by atoms with Gasteiger partial charge in [-0.1, -0.05) is 18.2 Å². The summed E-state index contributed by atoms with van der Waals surface area (Å²) in [6, 6.07) is 15.8.